The second-order valence-electron chi connectivity index (χ2n) is 4.84. The lowest BCUT2D eigenvalue weighted by Crippen LogP contribution is -2.49. The molecule has 0 radical (unpaired) electrons. The summed E-state index contributed by atoms with van der Waals surface area (Å²) in [4.78, 5) is 5.88. The molecule has 3 rings (SSSR count). The highest BCUT2D eigenvalue weighted by Crippen LogP contribution is 2.32. The molecule has 21 heavy (non-hydrogen) atoms. The van der Waals surface area contributed by atoms with Crippen LogP contribution in [0, 0.1) is 0 Å². The van der Waals surface area contributed by atoms with E-state index in [1.54, 1.807) is 35.4 Å². The molecule has 0 spiro atoms. The highest BCUT2D eigenvalue weighted by Gasteiger charge is 2.43. The molecule has 0 aliphatic carbocycles. The van der Waals surface area contributed by atoms with Crippen molar-refractivity contribution in [3.8, 4) is 0 Å². The van der Waals surface area contributed by atoms with Gasteiger partial charge in [-0.15, -0.1) is 0 Å². The summed E-state index contributed by atoms with van der Waals surface area (Å²) < 4.78 is 43.3. The molecule has 0 saturated carbocycles. The van der Waals surface area contributed by atoms with Gasteiger partial charge < -0.3 is 9.64 Å². The van der Waals surface area contributed by atoms with Gasteiger partial charge in [-0.25, -0.2) is 0 Å². The molecule has 0 amide bonds. The third kappa shape index (κ3) is 2.91. The van der Waals surface area contributed by atoms with E-state index in [-0.39, 0.29) is 13.2 Å². The number of anilines is 1. The molecule has 3 nitrogen and oxygen atoms in total. The van der Waals surface area contributed by atoms with E-state index < -0.39 is 12.3 Å². The van der Waals surface area contributed by atoms with Crippen molar-refractivity contribution in [2.45, 2.75) is 12.3 Å². The number of alkyl halides is 3. The maximum Gasteiger partial charge on any atom is 0.416 e. The van der Waals surface area contributed by atoms with E-state index in [1.165, 1.54) is 0 Å². The number of benzene rings is 1. The van der Waals surface area contributed by atoms with Crippen LogP contribution in [0.25, 0.3) is 10.9 Å². The van der Waals surface area contributed by atoms with Gasteiger partial charge >= 0.3 is 6.18 Å². The van der Waals surface area contributed by atoms with Crippen molar-refractivity contribution in [2.24, 2.45) is 0 Å². The van der Waals surface area contributed by atoms with E-state index in [1.807, 2.05) is 0 Å². The van der Waals surface area contributed by atoms with Gasteiger partial charge in [0, 0.05) is 28.8 Å². The second kappa shape index (κ2) is 5.35. The number of aromatic nitrogens is 1. The van der Waals surface area contributed by atoms with E-state index in [2.05, 4.69) is 4.98 Å². The lowest BCUT2D eigenvalue weighted by Gasteiger charge is -2.35. The number of fused-ring (bicyclic) bond motifs is 1. The molecule has 1 aromatic carbocycles. The zero-order chi connectivity index (χ0) is 15.0. The first-order valence-corrected chi connectivity index (χ1v) is 6.80. The van der Waals surface area contributed by atoms with Gasteiger partial charge in [-0.2, -0.15) is 13.2 Å². The van der Waals surface area contributed by atoms with Gasteiger partial charge in [-0.1, -0.05) is 11.6 Å². The minimum Gasteiger partial charge on any atom is -0.366 e. The normalized spacial score (nSPS) is 20.0. The van der Waals surface area contributed by atoms with Crippen molar-refractivity contribution in [3.63, 3.8) is 0 Å². The van der Waals surface area contributed by atoms with Crippen molar-refractivity contribution in [1.82, 2.24) is 4.98 Å². The van der Waals surface area contributed by atoms with Gasteiger partial charge in [-0.05, 0) is 24.3 Å². The van der Waals surface area contributed by atoms with Crippen LogP contribution in [-0.2, 0) is 4.74 Å². The van der Waals surface area contributed by atoms with Gasteiger partial charge in [0.1, 0.15) is 0 Å². The van der Waals surface area contributed by atoms with Gasteiger partial charge in [0.25, 0.3) is 0 Å². The maximum atomic E-state index is 12.8. The Balaban J connectivity index is 1.96. The Morgan fingerprint density at radius 2 is 2.10 bits per heavy atom. The van der Waals surface area contributed by atoms with Crippen LogP contribution < -0.4 is 4.90 Å². The van der Waals surface area contributed by atoms with Crippen molar-refractivity contribution in [2.75, 3.05) is 24.6 Å². The van der Waals surface area contributed by atoms with Crippen molar-refractivity contribution >= 4 is 28.2 Å². The maximum absolute atomic E-state index is 12.8. The van der Waals surface area contributed by atoms with E-state index >= 15 is 0 Å². The van der Waals surface area contributed by atoms with Crippen LogP contribution in [0.1, 0.15) is 0 Å². The Bertz CT molecular complexity index is 662. The zero-order valence-electron chi connectivity index (χ0n) is 10.9. The first-order valence-electron chi connectivity index (χ1n) is 6.43. The van der Waals surface area contributed by atoms with E-state index in [0.29, 0.717) is 22.8 Å². The predicted molar refractivity (Wildman–Crippen MR) is 74.8 cm³/mol. The number of halogens is 4. The quantitative estimate of drug-likeness (QED) is 0.803. The summed E-state index contributed by atoms with van der Waals surface area (Å²) in [7, 11) is 0. The van der Waals surface area contributed by atoms with E-state index in [0.717, 1.165) is 5.39 Å². The van der Waals surface area contributed by atoms with Crippen LogP contribution >= 0.6 is 11.6 Å². The standard InChI is InChI=1S/C14H12ClF3N2O/c15-9-1-2-10-11(7-9)19-4-3-12(10)20-5-6-21-13(8-20)14(16,17)18/h1-4,7,13H,5-6,8H2/t13-/m0/s1. The van der Waals surface area contributed by atoms with Crippen molar-refractivity contribution in [3.05, 3.63) is 35.5 Å². The lowest BCUT2D eigenvalue weighted by atomic mass is 10.1. The first kappa shape index (κ1) is 14.4. The largest absolute Gasteiger partial charge is 0.416 e. The molecule has 1 aromatic heterocycles. The summed E-state index contributed by atoms with van der Waals surface area (Å²) >= 11 is 5.92. The Labute approximate surface area is 124 Å². The molecule has 2 aromatic rings. The molecule has 2 heterocycles. The molecule has 0 unspecified atom stereocenters. The summed E-state index contributed by atoms with van der Waals surface area (Å²) in [5.41, 5.74) is 1.38. The summed E-state index contributed by atoms with van der Waals surface area (Å²) in [5.74, 6) is 0. The lowest BCUT2D eigenvalue weighted by molar-refractivity contribution is -0.221. The number of hydrogen-bond donors (Lipinski definition) is 0. The smallest absolute Gasteiger partial charge is 0.366 e. The second-order valence-corrected chi connectivity index (χ2v) is 5.28. The molecule has 112 valence electrons. The minimum atomic E-state index is -4.36. The van der Waals surface area contributed by atoms with Crippen LogP contribution in [0.5, 0.6) is 0 Å². The van der Waals surface area contributed by atoms with Crippen molar-refractivity contribution < 1.29 is 17.9 Å². The molecular weight excluding hydrogens is 305 g/mol. The fourth-order valence-electron chi connectivity index (χ4n) is 2.45. The number of hydrogen-bond acceptors (Lipinski definition) is 3. The third-order valence-electron chi connectivity index (χ3n) is 3.45. The Morgan fingerprint density at radius 3 is 2.86 bits per heavy atom. The van der Waals surface area contributed by atoms with Gasteiger partial charge in [-0.3, -0.25) is 4.98 Å². The average molecular weight is 317 g/mol. The molecule has 7 heteroatoms. The van der Waals surface area contributed by atoms with Crippen LogP contribution in [0.3, 0.4) is 0 Å². The molecule has 1 aliphatic heterocycles. The Hall–Kier alpha value is -1.53. The highest BCUT2D eigenvalue weighted by molar-refractivity contribution is 6.31. The topological polar surface area (TPSA) is 25.4 Å². The number of nitrogens with zero attached hydrogens (tertiary/aromatic N) is 2. The Morgan fingerprint density at radius 1 is 1.29 bits per heavy atom. The molecule has 0 bridgehead atoms. The average Bonchev–Trinajstić information content (AvgIpc) is 2.45. The summed E-state index contributed by atoms with van der Waals surface area (Å²) in [6, 6.07) is 6.89. The highest BCUT2D eigenvalue weighted by atomic mass is 35.5. The van der Waals surface area contributed by atoms with Crippen LogP contribution in [0.4, 0.5) is 18.9 Å². The zero-order valence-corrected chi connectivity index (χ0v) is 11.7. The number of morpholine rings is 1. The molecule has 1 fully saturated rings. The molecule has 1 saturated heterocycles. The summed E-state index contributed by atoms with van der Waals surface area (Å²) in [6.45, 7) is 0.237. The van der Waals surface area contributed by atoms with E-state index in [4.69, 9.17) is 16.3 Å². The number of pyridine rings is 1. The molecular formula is C14H12ClF3N2O. The predicted octanol–water partition coefficient (Wildman–Crippen LogP) is 3.66. The van der Waals surface area contributed by atoms with Gasteiger partial charge in [0.2, 0.25) is 0 Å². The fourth-order valence-corrected chi connectivity index (χ4v) is 2.61. The third-order valence-corrected chi connectivity index (χ3v) is 3.69. The monoisotopic (exact) mass is 316 g/mol. The number of ether oxygens (including phenoxy) is 1. The summed E-state index contributed by atoms with van der Waals surface area (Å²) in [5, 5.41) is 1.33. The van der Waals surface area contributed by atoms with Crippen LogP contribution in [0.2, 0.25) is 5.02 Å². The van der Waals surface area contributed by atoms with E-state index in [9.17, 15) is 13.2 Å². The van der Waals surface area contributed by atoms with Gasteiger partial charge in [0.05, 0.1) is 18.7 Å². The van der Waals surface area contributed by atoms with Crippen LogP contribution in [-0.4, -0.2) is 37.0 Å². The first-order chi connectivity index (χ1) is 9.95. The van der Waals surface area contributed by atoms with Crippen LogP contribution in [0.15, 0.2) is 30.5 Å². The minimum absolute atomic E-state index is 0.0432. The fraction of sp³-hybridized carbons (Fsp3) is 0.357. The molecule has 1 atom stereocenters. The molecule has 0 N–H and O–H groups in total. The summed E-state index contributed by atoms with van der Waals surface area (Å²) in [6.07, 6.45) is -4.54. The molecule has 1 aliphatic rings. The Kier molecular flexibility index (Phi) is 3.67. The number of rotatable bonds is 1. The van der Waals surface area contributed by atoms with Gasteiger partial charge in [0.15, 0.2) is 6.10 Å². The van der Waals surface area contributed by atoms with Crippen molar-refractivity contribution in [1.29, 1.82) is 0 Å². The SMILES string of the molecule is FC(F)(F)[C@@H]1CN(c2ccnc3cc(Cl)ccc23)CCO1.